The van der Waals surface area contributed by atoms with Gasteiger partial charge in [0.25, 0.3) is 5.91 Å². The third-order valence-electron chi connectivity index (χ3n) is 3.85. The number of ether oxygens (including phenoxy) is 1. The van der Waals surface area contributed by atoms with Crippen molar-refractivity contribution in [1.29, 1.82) is 0 Å². The molecule has 0 aliphatic heterocycles. The molecule has 0 fully saturated rings. The highest BCUT2D eigenvalue weighted by molar-refractivity contribution is 7.92. The van der Waals surface area contributed by atoms with Crippen molar-refractivity contribution in [3.8, 4) is 5.75 Å². The van der Waals surface area contributed by atoms with Gasteiger partial charge in [-0.25, -0.2) is 13.8 Å². The number of methoxy groups -OCH3 is 1. The van der Waals surface area contributed by atoms with Crippen molar-refractivity contribution in [2.24, 2.45) is 5.10 Å². The van der Waals surface area contributed by atoms with Gasteiger partial charge in [-0.1, -0.05) is 24.3 Å². The van der Waals surface area contributed by atoms with Gasteiger partial charge in [0.1, 0.15) is 12.3 Å². The number of benzene rings is 2. The molecule has 0 radical (unpaired) electrons. The maximum atomic E-state index is 12.3. The number of carbonyl (C=O) groups excluding carboxylic acids is 1. The average molecular weight is 389 g/mol. The Morgan fingerprint density at radius 1 is 1.22 bits per heavy atom. The molecular formula is C19H23N3O4S. The number of carbonyl (C=O) groups is 1. The molecule has 0 bridgehead atoms. The standard InChI is InChI=1S/C19H23N3O4S/c1-14-9-10-15(2)17(11-14)22(27(4,24)25)13-19(23)21-20-12-16-7-5-6-8-18(16)26-3/h5-12H,13H2,1-4H3,(H,21,23)/b20-12-. The van der Waals surface area contributed by atoms with Crippen LogP contribution < -0.4 is 14.5 Å². The Hall–Kier alpha value is -2.87. The SMILES string of the molecule is COc1ccccc1/C=N\NC(=O)CN(c1cc(C)ccc1C)S(C)(=O)=O. The maximum Gasteiger partial charge on any atom is 0.260 e. The van der Waals surface area contributed by atoms with E-state index in [1.807, 2.05) is 31.2 Å². The quantitative estimate of drug-likeness (QED) is 0.581. The number of rotatable bonds is 7. The van der Waals surface area contributed by atoms with Crippen molar-refractivity contribution < 1.29 is 17.9 Å². The Balaban J connectivity index is 2.15. The topological polar surface area (TPSA) is 88.1 Å². The summed E-state index contributed by atoms with van der Waals surface area (Å²) in [5, 5.41) is 3.89. The van der Waals surface area contributed by atoms with E-state index in [4.69, 9.17) is 4.74 Å². The molecule has 0 aliphatic carbocycles. The third kappa shape index (κ3) is 5.55. The second-order valence-corrected chi connectivity index (χ2v) is 8.00. The minimum Gasteiger partial charge on any atom is -0.496 e. The average Bonchev–Trinajstić information content (AvgIpc) is 2.61. The molecule has 0 atom stereocenters. The fourth-order valence-electron chi connectivity index (χ4n) is 2.48. The van der Waals surface area contributed by atoms with Crippen LogP contribution in [0.3, 0.4) is 0 Å². The first-order valence-corrected chi connectivity index (χ1v) is 10.1. The molecule has 0 unspecified atom stereocenters. The van der Waals surface area contributed by atoms with Crippen LogP contribution in [0.1, 0.15) is 16.7 Å². The Kier molecular flexibility index (Phi) is 6.57. The number of aryl methyl sites for hydroxylation is 2. The van der Waals surface area contributed by atoms with E-state index in [9.17, 15) is 13.2 Å². The second kappa shape index (κ2) is 8.68. The van der Waals surface area contributed by atoms with Crippen LogP contribution in [0.5, 0.6) is 5.75 Å². The predicted molar refractivity (Wildman–Crippen MR) is 107 cm³/mol. The van der Waals surface area contributed by atoms with Crippen LogP contribution in [0.2, 0.25) is 0 Å². The van der Waals surface area contributed by atoms with E-state index in [0.29, 0.717) is 17.0 Å². The minimum atomic E-state index is -3.64. The lowest BCUT2D eigenvalue weighted by atomic mass is 10.1. The smallest absolute Gasteiger partial charge is 0.260 e. The van der Waals surface area contributed by atoms with Gasteiger partial charge in [0.2, 0.25) is 10.0 Å². The summed E-state index contributed by atoms with van der Waals surface area (Å²) in [5.41, 5.74) is 5.18. The van der Waals surface area contributed by atoms with Gasteiger partial charge in [-0.2, -0.15) is 5.10 Å². The normalized spacial score (nSPS) is 11.4. The Morgan fingerprint density at radius 3 is 2.59 bits per heavy atom. The van der Waals surface area contributed by atoms with Crippen LogP contribution in [-0.4, -0.2) is 40.4 Å². The molecular weight excluding hydrogens is 366 g/mol. The van der Waals surface area contributed by atoms with Gasteiger partial charge in [0.15, 0.2) is 0 Å². The summed E-state index contributed by atoms with van der Waals surface area (Å²) in [4.78, 5) is 12.3. The van der Waals surface area contributed by atoms with Crippen LogP contribution in [0.25, 0.3) is 0 Å². The van der Waals surface area contributed by atoms with E-state index in [-0.39, 0.29) is 6.54 Å². The molecule has 0 saturated heterocycles. The zero-order valence-corrected chi connectivity index (χ0v) is 16.6. The van der Waals surface area contributed by atoms with E-state index in [1.165, 1.54) is 6.21 Å². The molecule has 2 aromatic rings. The van der Waals surface area contributed by atoms with Crippen LogP contribution in [0, 0.1) is 13.8 Å². The summed E-state index contributed by atoms with van der Waals surface area (Å²) in [6.45, 7) is 3.29. The van der Waals surface area contributed by atoms with Gasteiger partial charge in [0.05, 0.1) is 25.3 Å². The van der Waals surface area contributed by atoms with Crippen LogP contribution in [0.15, 0.2) is 47.6 Å². The van der Waals surface area contributed by atoms with Crippen molar-refractivity contribution in [1.82, 2.24) is 5.43 Å². The number of amides is 1. The molecule has 0 aliphatic rings. The highest BCUT2D eigenvalue weighted by Gasteiger charge is 2.22. The van der Waals surface area contributed by atoms with Gasteiger partial charge in [0, 0.05) is 5.56 Å². The summed E-state index contributed by atoms with van der Waals surface area (Å²) in [6, 6.07) is 12.6. The van der Waals surface area contributed by atoms with Crippen molar-refractivity contribution in [2.45, 2.75) is 13.8 Å². The number of sulfonamides is 1. The van der Waals surface area contributed by atoms with Gasteiger partial charge in [-0.3, -0.25) is 9.10 Å². The predicted octanol–water partition coefficient (Wildman–Crippen LogP) is 2.23. The molecule has 144 valence electrons. The van der Waals surface area contributed by atoms with E-state index < -0.39 is 15.9 Å². The Bertz CT molecular complexity index is 955. The molecule has 27 heavy (non-hydrogen) atoms. The zero-order valence-electron chi connectivity index (χ0n) is 15.8. The number of anilines is 1. The number of para-hydroxylation sites is 1. The summed E-state index contributed by atoms with van der Waals surface area (Å²) >= 11 is 0. The number of hydrogen-bond donors (Lipinski definition) is 1. The molecule has 0 heterocycles. The minimum absolute atomic E-state index is 0.369. The zero-order chi connectivity index (χ0) is 20.0. The van der Waals surface area contributed by atoms with Crippen LogP contribution in [0.4, 0.5) is 5.69 Å². The fraction of sp³-hybridized carbons (Fsp3) is 0.263. The molecule has 1 N–H and O–H groups in total. The molecule has 2 rings (SSSR count). The number of hydrogen-bond acceptors (Lipinski definition) is 5. The summed E-state index contributed by atoms with van der Waals surface area (Å²) < 4.78 is 30.7. The molecule has 0 aromatic heterocycles. The highest BCUT2D eigenvalue weighted by Crippen LogP contribution is 2.23. The number of nitrogens with one attached hydrogen (secondary N) is 1. The van der Waals surface area contributed by atoms with E-state index in [2.05, 4.69) is 10.5 Å². The lowest BCUT2D eigenvalue weighted by Gasteiger charge is -2.23. The lowest BCUT2D eigenvalue weighted by Crippen LogP contribution is -2.39. The molecule has 0 saturated carbocycles. The van der Waals surface area contributed by atoms with E-state index >= 15 is 0 Å². The first kappa shape index (κ1) is 20.4. The molecule has 7 nitrogen and oxygen atoms in total. The maximum absolute atomic E-state index is 12.3. The van der Waals surface area contributed by atoms with E-state index in [1.54, 1.807) is 32.2 Å². The lowest BCUT2D eigenvalue weighted by molar-refractivity contribution is -0.119. The van der Waals surface area contributed by atoms with Crippen molar-refractivity contribution >= 4 is 27.8 Å². The second-order valence-electron chi connectivity index (χ2n) is 6.09. The summed E-state index contributed by atoms with van der Waals surface area (Å²) in [7, 11) is -2.10. The largest absolute Gasteiger partial charge is 0.496 e. The van der Waals surface area contributed by atoms with Crippen molar-refractivity contribution in [3.63, 3.8) is 0 Å². The third-order valence-corrected chi connectivity index (χ3v) is 4.98. The molecule has 1 amide bonds. The Labute approximate surface area is 159 Å². The van der Waals surface area contributed by atoms with Gasteiger partial charge >= 0.3 is 0 Å². The molecule has 2 aromatic carbocycles. The van der Waals surface area contributed by atoms with Crippen LogP contribution in [-0.2, 0) is 14.8 Å². The van der Waals surface area contributed by atoms with E-state index in [0.717, 1.165) is 21.7 Å². The van der Waals surface area contributed by atoms with Crippen molar-refractivity contribution in [2.75, 3.05) is 24.2 Å². The van der Waals surface area contributed by atoms with Gasteiger partial charge in [-0.15, -0.1) is 0 Å². The first-order valence-electron chi connectivity index (χ1n) is 8.22. The monoisotopic (exact) mass is 389 g/mol. The molecule has 8 heteroatoms. The van der Waals surface area contributed by atoms with Crippen LogP contribution >= 0.6 is 0 Å². The summed E-state index contributed by atoms with van der Waals surface area (Å²) in [5.74, 6) is 0.0659. The highest BCUT2D eigenvalue weighted by atomic mass is 32.2. The first-order chi connectivity index (χ1) is 12.7. The van der Waals surface area contributed by atoms with Crippen molar-refractivity contribution in [3.05, 3.63) is 59.2 Å². The van der Waals surface area contributed by atoms with Gasteiger partial charge in [-0.05, 0) is 43.2 Å². The molecule has 0 spiro atoms. The number of nitrogens with zero attached hydrogens (tertiary/aromatic N) is 2. The summed E-state index contributed by atoms with van der Waals surface area (Å²) in [6.07, 6.45) is 2.51. The fourth-order valence-corrected chi connectivity index (χ4v) is 3.39. The Morgan fingerprint density at radius 2 is 1.93 bits per heavy atom. The van der Waals surface area contributed by atoms with Gasteiger partial charge < -0.3 is 4.74 Å². The number of hydrazone groups is 1.